The van der Waals surface area contributed by atoms with Gasteiger partial charge in [0.2, 0.25) is 5.91 Å². The van der Waals surface area contributed by atoms with E-state index >= 15 is 0 Å². The van der Waals surface area contributed by atoms with Crippen molar-refractivity contribution >= 4 is 27.7 Å². The van der Waals surface area contributed by atoms with Crippen LogP contribution in [0.1, 0.15) is 29.7 Å². The first-order valence-corrected chi connectivity index (χ1v) is 12.1. The Morgan fingerprint density at radius 2 is 1.83 bits per heavy atom. The van der Waals surface area contributed by atoms with Crippen LogP contribution in [0.15, 0.2) is 47.1 Å². The summed E-state index contributed by atoms with van der Waals surface area (Å²) in [5.41, 5.74) is 7.44. The zero-order valence-electron chi connectivity index (χ0n) is 18.8. The normalized spacial score (nSPS) is 14.6. The van der Waals surface area contributed by atoms with Crippen molar-refractivity contribution in [1.82, 2.24) is 5.16 Å². The second-order valence-electron chi connectivity index (χ2n) is 8.27. The molecule has 4 N–H and O–H groups in total. The van der Waals surface area contributed by atoms with Gasteiger partial charge in [-0.05, 0) is 37.0 Å². The lowest BCUT2D eigenvalue weighted by atomic mass is 10.0. The molecule has 13 heteroatoms. The predicted octanol–water partition coefficient (Wildman–Crippen LogP) is 2.98. The number of nitrogens with zero attached hydrogens (tertiary/aromatic N) is 1. The number of aryl methyl sites for hydroxylation is 1. The molecule has 0 saturated heterocycles. The van der Waals surface area contributed by atoms with E-state index in [0.29, 0.717) is 12.1 Å². The molecular formula is C22H23F3N4O5S. The standard InChI is InChI=1S/C21H19F3N4O2.CH4O3S/c1-12-8-15(11-26-19(12)25)14-4-2-13(3-5-14)9-18(29)27-17-10-16(30-28-17)20(6-7-20)21(22,23)24;1-5(2,3)4/h2-5,8,10-11H,6-7,9H2,1H3,(H2,25,26)(H,27,28,29);1H3,(H,2,3,4). The van der Waals surface area contributed by atoms with Crippen molar-refractivity contribution in [3.63, 3.8) is 0 Å². The average molecular weight is 513 g/mol. The highest BCUT2D eigenvalue weighted by Gasteiger charge is 2.66. The molecule has 1 saturated carbocycles. The average Bonchev–Trinajstić information content (AvgIpc) is 3.44. The summed E-state index contributed by atoms with van der Waals surface area (Å²) in [6.45, 7) is 1.91. The van der Waals surface area contributed by atoms with Crippen molar-refractivity contribution in [2.75, 3.05) is 17.3 Å². The minimum atomic E-state index is -4.39. The van der Waals surface area contributed by atoms with Gasteiger partial charge >= 0.3 is 6.18 Å². The van der Waals surface area contributed by atoms with Gasteiger partial charge in [0.05, 0.1) is 22.7 Å². The van der Waals surface area contributed by atoms with E-state index in [0.717, 1.165) is 28.3 Å². The largest absolute Gasteiger partial charge is 0.748 e. The first-order chi connectivity index (χ1) is 16.2. The third kappa shape index (κ3) is 6.79. The highest BCUT2D eigenvalue weighted by atomic mass is 32.2. The fourth-order valence-electron chi connectivity index (χ4n) is 3.33. The second-order valence-corrected chi connectivity index (χ2v) is 9.68. The number of nitrogens with one attached hydrogen (secondary N) is 2. The Hall–Kier alpha value is -3.45. The first-order valence-electron chi connectivity index (χ1n) is 10.3. The molecule has 35 heavy (non-hydrogen) atoms. The molecule has 1 aromatic carbocycles. The summed E-state index contributed by atoms with van der Waals surface area (Å²) in [7, 11) is -3.92. The van der Waals surface area contributed by atoms with Crippen LogP contribution in [0.25, 0.3) is 11.1 Å². The zero-order valence-corrected chi connectivity index (χ0v) is 19.6. The Morgan fingerprint density at radius 1 is 1.23 bits per heavy atom. The van der Waals surface area contributed by atoms with Crippen LogP contribution in [-0.4, -0.2) is 36.5 Å². The SMILES string of the molecule is CS(=O)(=O)[O-].Cc1cc(-c2ccc(CC(=O)Nc3cc(C4(C(F)(F)F)CC4)on3)cc2)c[nH+]c1N. The number of aromatic amines is 1. The number of nitrogens with two attached hydrogens (primary N) is 1. The molecule has 1 aliphatic carbocycles. The van der Waals surface area contributed by atoms with E-state index in [1.807, 2.05) is 37.3 Å². The number of carbonyl (C=O) groups excluding carboxylic acids is 1. The van der Waals surface area contributed by atoms with Crippen LogP contribution in [0.5, 0.6) is 0 Å². The molecule has 0 aliphatic heterocycles. The van der Waals surface area contributed by atoms with Crippen LogP contribution >= 0.6 is 0 Å². The molecule has 2 heterocycles. The van der Waals surface area contributed by atoms with Crippen molar-refractivity contribution < 1.29 is 40.4 Å². The van der Waals surface area contributed by atoms with Crippen LogP contribution in [0.2, 0.25) is 0 Å². The Balaban J connectivity index is 0.000000623. The van der Waals surface area contributed by atoms with E-state index in [4.69, 9.17) is 23.2 Å². The fourth-order valence-corrected chi connectivity index (χ4v) is 3.33. The predicted molar refractivity (Wildman–Crippen MR) is 119 cm³/mol. The number of alkyl halides is 3. The van der Waals surface area contributed by atoms with E-state index in [1.54, 1.807) is 6.20 Å². The summed E-state index contributed by atoms with van der Waals surface area (Å²) in [6, 6.07) is 10.5. The summed E-state index contributed by atoms with van der Waals surface area (Å²) in [5, 5.41) is 6.06. The van der Waals surface area contributed by atoms with Crippen LogP contribution in [0.3, 0.4) is 0 Å². The number of halogens is 3. The summed E-state index contributed by atoms with van der Waals surface area (Å²) < 4.78 is 71.5. The van der Waals surface area contributed by atoms with Crippen LogP contribution < -0.4 is 16.0 Å². The number of benzene rings is 1. The topological polar surface area (TPSA) is 152 Å². The number of rotatable bonds is 5. The third-order valence-electron chi connectivity index (χ3n) is 5.37. The lowest BCUT2D eigenvalue weighted by Crippen LogP contribution is -2.28. The molecule has 188 valence electrons. The Morgan fingerprint density at radius 3 is 2.34 bits per heavy atom. The van der Waals surface area contributed by atoms with Gasteiger partial charge in [0.15, 0.2) is 11.6 Å². The molecule has 3 aromatic rings. The molecule has 4 rings (SSSR count). The van der Waals surface area contributed by atoms with Gasteiger partial charge in [-0.25, -0.2) is 13.4 Å². The monoisotopic (exact) mass is 512 g/mol. The van der Waals surface area contributed by atoms with Crippen molar-refractivity contribution in [2.24, 2.45) is 0 Å². The summed E-state index contributed by atoms with van der Waals surface area (Å²) in [5.74, 6) is -0.0673. The van der Waals surface area contributed by atoms with E-state index in [2.05, 4.69) is 15.5 Å². The highest BCUT2D eigenvalue weighted by molar-refractivity contribution is 7.84. The lowest BCUT2D eigenvalue weighted by molar-refractivity contribution is -0.360. The summed E-state index contributed by atoms with van der Waals surface area (Å²) in [4.78, 5) is 15.3. The number of H-pyrrole nitrogens is 1. The molecule has 1 aliphatic rings. The van der Waals surface area contributed by atoms with Crippen molar-refractivity contribution in [3.05, 3.63) is 59.5 Å². The van der Waals surface area contributed by atoms with Gasteiger partial charge in [0.25, 0.3) is 5.82 Å². The highest BCUT2D eigenvalue weighted by Crippen LogP contribution is 2.59. The Kier molecular flexibility index (Phi) is 7.22. The van der Waals surface area contributed by atoms with Gasteiger partial charge in [-0.3, -0.25) is 10.5 Å². The number of nitrogen functional groups attached to an aromatic ring is 1. The number of hydrogen-bond acceptors (Lipinski definition) is 7. The van der Waals surface area contributed by atoms with Gasteiger partial charge in [-0.2, -0.15) is 13.2 Å². The third-order valence-corrected chi connectivity index (χ3v) is 5.37. The molecule has 0 unspecified atom stereocenters. The molecule has 1 amide bonds. The number of carbonyl (C=O) groups is 1. The van der Waals surface area contributed by atoms with Crippen molar-refractivity contribution in [1.29, 1.82) is 0 Å². The smallest absolute Gasteiger partial charge is 0.401 e. The van der Waals surface area contributed by atoms with Crippen LogP contribution in [-0.2, 0) is 26.7 Å². The molecule has 0 radical (unpaired) electrons. The van der Waals surface area contributed by atoms with Crippen molar-refractivity contribution in [2.45, 2.75) is 37.8 Å². The maximum Gasteiger partial charge on any atom is 0.401 e. The maximum atomic E-state index is 13.2. The number of anilines is 2. The first kappa shape index (κ1) is 26.2. The number of pyridine rings is 1. The van der Waals surface area contributed by atoms with Crippen LogP contribution in [0.4, 0.5) is 24.8 Å². The molecule has 1 fully saturated rings. The van der Waals surface area contributed by atoms with Gasteiger partial charge in [-0.1, -0.05) is 29.4 Å². The molecular weight excluding hydrogens is 489 g/mol. The number of amides is 1. The fraction of sp³-hybridized carbons (Fsp3) is 0.318. The Bertz CT molecular complexity index is 1310. The molecule has 9 nitrogen and oxygen atoms in total. The van der Waals surface area contributed by atoms with Gasteiger partial charge in [0.1, 0.15) is 5.41 Å². The minimum absolute atomic E-state index is 0.0185. The molecule has 0 atom stereocenters. The quantitative estimate of drug-likeness (QED) is 0.499. The van der Waals surface area contributed by atoms with E-state index in [9.17, 15) is 18.0 Å². The summed E-state index contributed by atoms with van der Waals surface area (Å²) >= 11 is 0. The van der Waals surface area contributed by atoms with E-state index in [1.165, 1.54) is 0 Å². The van der Waals surface area contributed by atoms with E-state index < -0.39 is 27.6 Å². The van der Waals surface area contributed by atoms with E-state index in [-0.39, 0.29) is 30.8 Å². The lowest BCUT2D eigenvalue weighted by Gasteiger charge is -2.14. The number of hydrogen-bond donors (Lipinski definition) is 2. The zero-order chi connectivity index (χ0) is 26.0. The Labute approximate surface area is 199 Å². The second kappa shape index (κ2) is 9.66. The molecule has 2 aromatic heterocycles. The number of aromatic nitrogens is 2. The van der Waals surface area contributed by atoms with Gasteiger partial charge < -0.3 is 14.4 Å². The van der Waals surface area contributed by atoms with Gasteiger partial charge in [-0.15, -0.1) is 0 Å². The maximum absolute atomic E-state index is 13.2. The minimum Gasteiger partial charge on any atom is -0.748 e. The summed E-state index contributed by atoms with van der Waals surface area (Å²) in [6.07, 6.45) is -1.99. The van der Waals surface area contributed by atoms with Gasteiger partial charge in [0, 0.05) is 23.4 Å². The van der Waals surface area contributed by atoms with Crippen molar-refractivity contribution in [3.8, 4) is 11.1 Å². The molecule has 0 spiro atoms. The molecule has 0 bridgehead atoms. The van der Waals surface area contributed by atoms with Crippen LogP contribution in [0, 0.1) is 6.92 Å².